The largest absolute Gasteiger partial charge is 0.370 e. The number of ether oxygens (including phenoxy) is 1. The maximum Gasteiger partial charge on any atom is 0.272 e. The number of hydrogen-bond acceptors (Lipinski definition) is 6. The van der Waals surface area contributed by atoms with Crippen molar-refractivity contribution in [1.29, 1.82) is 5.41 Å². The minimum atomic E-state index is -0.430. The molecular formula is C23H25FN6O2. The topological polar surface area (TPSA) is 106 Å². The number of rotatable bonds is 6. The monoisotopic (exact) mass is 436 g/mol. The summed E-state index contributed by atoms with van der Waals surface area (Å²) in [6.45, 7) is 2.59. The van der Waals surface area contributed by atoms with Crippen molar-refractivity contribution in [2.45, 2.75) is 38.8 Å². The van der Waals surface area contributed by atoms with Crippen LogP contribution in [0.15, 0.2) is 30.6 Å². The van der Waals surface area contributed by atoms with Gasteiger partial charge in [0, 0.05) is 26.4 Å². The van der Waals surface area contributed by atoms with E-state index < -0.39 is 11.7 Å². The molecule has 9 heteroatoms. The Hall–Kier alpha value is -3.46. The Labute approximate surface area is 185 Å². The van der Waals surface area contributed by atoms with Crippen LogP contribution in [0.4, 0.5) is 4.39 Å². The minimum Gasteiger partial charge on any atom is -0.370 e. The molecule has 1 amide bonds. The zero-order valence-corrected chi connectivity index (χ0v) is 18.1. The molecule has 3 aromatic rings. The molecule has 1 saturated heterocycles. The summed E-state index contributed by atoms with van der Waals surface area (Å²) in [4.78, 5) is 26.0. The molecule has 0 spiro atoms. The average molecular weight is 436 g/mol. The smallest absolute Gasteiger partial charge is 0.272 e. The van der Waals surface area contributed by atoms with Crippen molar-refractivity contribution in [1.82, 2.24) is 24.8 Å². The van der Waals surface area contributed by atoms with E-state index in [-0.39, 0.29) is 18.3 Å². The zero-order valence-electron chi connectivity index (χ0n) is 18.1. The molecule has 3 heterocycles. The predicted octanol–water partition coefficient (Wildman–Crippen LogP) is 3.73. The Morgan fingerprint density at radius 3 is 2.91 bits per heavy atom. The fraction of sp³-hybridized carbons (Fsp3) is 0.348. The molecule has 4 rings (SSSR count). The molecule has 0 bridgehead atoms. The standard InChI is InChI=1S/C23H25FN6O2/c1-3-15(11-25)16-8-14(9-17(24)10-16)12-26-23(31)19-20-21(28-13-27-19)29-22(30(20)2)18-6-4-5-7-32-18/h3,8-11,13,18,25H,4-7,12H2,1-2H3,(H,26,31)/b15-3+,25-11?. The second kappa shape index (κ2) is 9.35. The van der Waals surface area contributed by atoms with Crippen LogP contribution in [-0.2, 0) is 18.3 Å². The summed E-state index contributed by atoms with van der Waals surface area (Å²) in [7, 11) is 1.83. The number of halogens is 1. The molecule has 1 aliphatic heterocycles. The molecule has 1 aliphatic rings. The summed E-state index contributed by atoms with van der Waals surface area (Å²) >= 11 is 0. The van der Waals surface area contributed by atoms with Crippen LogP contribution in [0, 0.1) is 11.2 Å². The zero-order chi connectivity index (χ0) is 22.7. The van der Waals surface area contributed by atoms with Gasteiger partial charge in [0.25, 0.3) is 5.91 Å². The third-order valence-corrected chi connectivity index (χ3v) is 5.60. The van der Waals surface area contributed by atoms with E-state index in [2.05, 4.69) is 20.3 Å². The highest BCUT2D eigenvalue weighted by Gasteiger charge is 2.25. The Kier molecular flexibility index (Phi) is 6.36. The van der Waals surface area contributed by atoms with Crippen LogP contribution in [-0.4, -0.2) is 38.2 Å². The molecule has 0 radical (unpaired) electrons. The number of carbonyl (C=O) groups excluding carboxylic acids is 1. The van der Waals surface area contributed by atoms with Gasteiger partial charge in [-0.25, -0.2) is 19.3 Å². The van der Waals surface area contributed by atoms with Crippen LogP contribution < -0.4 is 5.32 Å². The van der Waals surface area contributed by atoms with E-state index in [1.165, 1.54) is 24.7 Å². The molecule has 0 saturated carbocycles. The number of aryl methyl sites for hydroxylation is 1. The van der Waals surface area contributed by atoms with Gasteiger partial charge in [0.1, 0.15) is 29.6 Å². The van der Waals surface area contributed by atoms with E-state index >= 15 is 0 Å². The third-order valence-electron chi connectivity index (χ3n) is 5.60. The van der Waals surface area contributed by atoms with Gasteiger partial charge in [0.05, 0.1) is 0 Å². The second-order valence-electron chi connectivity index (χ2n) is 7.70. The second-order valence-corrected chi connectivity index (χ2v) is 7.70. The van der Waals surface area contributed by atoms with Gasteiger partial charge in [-0.15, -0.1) is 0 Å². The lowest BCUT2D eigenvalue weighted by atomic mass is 10.0. The number of hydrogen-bond donors (Lipinski definition) is 2. The Balaban J connectivity index is 1.58. The first-order chi connectivity index (χ1) is 15.5. The molecule has 1 fully saturated rings. The van der Waals surface area contributed by atoms with Gasteiger partial charge < -0.3 is 20.0 Å². The molecule has 0 aliphatic carbocycles. The van der Waals surface area contributed by atoms with Gasteiger partial charge in [0.2, 0.25) is 0 Å². The van der Waals surface area contributed by atoms with Gasteiger partial charge in [-0.1, -0.05) is 6.08 Å². The van der Waals surface area contributed by atoms with Gasteiger partial charge in [-0.2, -0.15) is 0 Å². The van der Waals surface area contributed by atoms with Crippen LogP contribution in [0.25, 0.3) is 16.7 Å². The fourth-order valence-corrected chi connectivity index (χ4v) is 3.98. The molecule has 32 heavy (non-hydrogen) atoms. The predicted molar refractivity (Wildman–Crippen MR) is 119 cm³/mol. The highest BCUT2D eigenvalue weighted by Crippen LogP contribution is 2.29. The lowest BCUT2D eigenvalue weighted by Gasteiger charge is -2.21. The number of imidazole rings is 1. The Morgan fingerprint density at radius 1 is 1.34 bits per heavy atom. The van der Waals surface area contributed by atoms with Crippen LogP contribution in [0.2, 0.25) is 0 Å². The number of amides is 1. The fourth-order valence-electron chi connectivity index (χ4n) is 3.98. The highest BCUT2D eigenvalue weighted by atomic mass is 19.1. The van der Waals surface area contributed by atoms with Crippen LogP contribution >= 0.6 is 0 Å². The van der Waals surface area contributed by atoms with Crippen molar-refractivity contribution < 1.29 is 13.9 Å². The number of nitrogens with one attached hydrogen (secondary N) is 2. The number of allylic oxidation sites excluding steroid dienone is 2. The minimum absolute atomic E-state index is 0.112. The molecule has 2 N–H and O–H groups in total. The van der Waals surface area contributed by atoms with E-state index in [4.69, 9.17) is 10.1 Å². The van der Waals surface area contributed by atoms with Gasteiger partial charge in [-0.05, 0) is 61.1 Å². The molecule has 8 nitrogen and oxygen atoms in total. The Morgan fingerprint density at radius 2 is 2.19 bits per heavy atom. The van der Waals surface area contributed by atoms with Crippen LogP contribution in [0.5, 0.6) is 0 Å². The maximum atomic E-state index is 14.1. The molecular weight excluding hydrogens is 411 g/mol. The van der Waals surface area contributed by atoms with E-state index in [0.29, 0.717) is 34.5 Å². The van der Waals surface area contributed by atoms with E-state index in [0.717, 1.165) is 25.1 Å². The SMILES string of the molecule is C/C=C(\C=N)c1cc(F)cc(CNC(=O)c2ncnc3nc(C4CCCCO4)n(C)c23)c1. The van der Waals surface area contributed by atoms with E-state index in [9.17, 15) is 9.18 Å². The van der Waals surface area contributed by atoms with Crippen LogP contribution in [0.1, 0.15) is 59.7 Å². The number of benzene rings is 1. The average Bonchev–Trinajstić information content (AvgIpc) is 3.15. The van der Waals surface area contributed by atoms with E-state index in [1.807, 2.05) is 11.6 Å². The number of aromatic nitrogens is 4. The first-order valence-corrected chi connectivity index (χ1v) is 10.6. The number of nitrogens with zero attached hydrogens (tertiary/aromatic N) is 4. The van der Waals surface area contributed by atoms with Crippen molar-refractivity contribution in [2.24, 2.45) is 7.05 Å². The highest BCUT2D eigenvalue weighted by molar-refractivity contribution is 6.08. The summed E-state index contributed by atoms with van der Waals surface area (Å²) < 4.78 is 21.8. The summed E-state index contributed by atoms with van der Waals surface area (Å²) in [6, 6.07) is 4.48. The normalized spacial score (nSPS) is 16.8. The van der Waals surface area contributed by atoms with Crippen LogP contribution in [0.3, 0.4) is 0 Å². The van der Waals surface area contributed by atoms with Gasteiger partial charge in [0.15, 0.2) is 11.3 Å². The third kappa shape index (κ3) is 4.29. The van der Waals surface area contributed by atoms with Crippen molar-refractivity contribution >= 4 is 28.9 Å². The van der Waals surface area contributed by atoms with Crippen molar-refractivity contribution in [3.63, 3.8) is 0 Å². The Bertz CT molecular complexity index is 1200. The molecule has 166 valence electrons. The van der Waals surface area contributed by atoms with Gasteiger partial charge in [-0.3, -0.25) is 4.79 Å². The first kappa shape index (κ1) is 21.8. The van der Waals surface area contributed by atoms with Crippen molar-refractivity contribution in [2.75, 3.05) is 6.61 Å². The summed E-state index contributed by atoms with van der Waals surface area (Å²) in [5.41, 5.74) is 2.95. The van der Waals surface area contributed by atoms with E-state index in [1.54, 1.807) is 19.1 Å². The number of carbonyl (C=O) groups is 1. The molecule has 1 atom stereocenters. The van der Waals surface area contributed by atoms with Crippen molar-refractivity contribution in [3.05, 3.63) is 59.1 Å². The van der Waals surface area contributed by atoms with Crippen molar-refractivity contribution in [3.8, 4) is 0 Å². The maximum absolute atomic E-state index is 14.1. The quantitative estimate of drug-likeness (QED) is 0.573. The molecule has 2 aromatic heterocycles. The lowest BCUT2D eigenvalue weighted by molar-refractivity contribution is 0.00815. The number of fused-ring (bicyclic) bond motifs is 1. The summed E-state index contributed by atoms with van der Waals surface area (Å²) in [5.74, 6) is -0.101. The summed E-state index contributed by atoms with van der Waals surface area (Å²) in [5, 5.41) is 10.3. The summed E-state index contributed by atoms with van der Waals surface area (Å²) in [6.07, 6.45) is 7.07. The molecule has 1 aromatic carbocycles. The lowest BCUT2D eigenvalue weighted by Crippen LogP contribution is -2.25. The van der Waals surface area contributed by atoms with Gasteiger partial charge >= 0.3 is 0 Å². The first-order valence-electron chi connectivity index (χ1n) is 10.6. The molecule has 1 unspecified atom stereocenters.